The first-order valence-corrected chi connectivity index (χ1v) is 6.85. The van der Waals surface area contributed by atoms with Crippen molar-refractivity contribution >= 4 is 16.7 Å². The summed E-state index contributed by atoms with van der Waals surface area (Å²) in [5.41, 5.74) is 1.66. The third-order valence-corrected chi connectivity index (χ3v) is 3.95. The fourth-order valence-corrected chi connectivity index (χ4v) is 3.19. The molecule has 19 heavy (non-hydrogen) atoms. The number of anilines is 1. The summed E-state index contributed by atoms with van der Waals surface area (Å²) in [5, 5.41) is 4.60. The van der Waals surface area contributed by atoms with Gasteiger partial charge in [0.1, 0.15) is 0 Å². The maximum atomic E-state index is 14.5. The highest BCUT2D eigenvalue weighted by atomic mass is 19.1. The zero-order valence-electron chi connectivity index (χ0n) is 11.6. The van der Waals surface area contributed by atoms with Gasteiger partial charge in [0.05, 0.1) is 11.4 Å². The van der Waals surface area contributed by atoms with Gasteiger partial charge in [0, 0.05) is 18.5 Å². The summed E-state index contributed by atoms with van der Waals surface area (Å²) in [6, 6.07) is 3.76. The molecule has 2 atom stereocenters. The Bertz CT molecular complexity index is 597. The Morgan fingerprint density at radius 1 is 1.26 bits per heavy atom. The maximum absolute atomic E-state index is 14.5. The molecule has 1 saturated heterocycles. The van der Waals surface area contributed by atoms with Crippen LogP contribution in [-0.4, -0.2) is 18.2 Å². The number of halogens is 1. The van der Waals surface area contributed by atoms with Gasteiger partial charge in [0.15, 0.2) is 5.82 Å². The van der Waals surface area contributed by atoms with Gasteiger partial charge in [-0.15, -0.1) is 0 Å². The van der Waals surface area contributed by atoms with Crippen molar-refractivity contribution in [2.24, 2.45) is 11.8 Å². The first kappa shape index (κ1) is 12.5. The summed E-state index contributed by atoms with van der Waals surface area (Å²) in [6.45, 7) is 8.07. The zero-order chi connectivity index (χ0) is 13.6. The van der Waals surface area contributed by atoms with Crippen molar-refractivity contribution in [3.8, 4) is 0 Å². The third-order valence-electron chi connectivity index (χ3n) is 3.95. The predicted molar refractivity (Wildman–Crippen MR) is 73.9 cm³/mol. The topological polar surface area (TPSA) is 29.3 Å². The van der Waals surface area contributed by atoms with Gasteiger partial charge in [-0.2, -0.15) is 0 Å². The molecule has 102 valence electrons. The summed E-state index contributed by atoms with van der Waals surface area (Å²) < 4.78 is 19.7. The number of hydrogen-bond donors (Lipinski definition) is 0. The summed E-state index contributed by atoms with van der Waals surface area (Å²) in [6.07, 6.45) is 1.21. The fourth-order valence-electron chi connectivity index (χ4n) is 3.19. The minimum Gasteiger partial charge on any atom is -0.369 e. The van der Waals surface area contributed by atoms with Crippen LogP contribution in [0.15, 0.2) is 16.7 Å². The molecule has 0 aliphatic carbocycles. The molecule has 2 heterocycles. The van der Waals surface area contributed by atoms with Gasteiger partial charge >= 0.3 is 0 Å². The molecule has 1 aliphatic rings. The molecule has 0 unspecified atom stereocenters. The van der Waals surface area contributed by atoms with E-state index in [1.165, 1.54) is 6.42 Å². The Hall–Kier alpha value is -1.58. The highest BCUT2D eigenvalue weighted by Gasteiger charge is 2.25. The summed E-state index contributed by atoms with van der Waals surface area (Å²) in [4.78, 5) is 2.13. The molecular formula is C15H19FN2O. The van der Waals surface area contributed by atoms with E-state index in [1.807, 2.05) is 19.1 Å². The lowest BCUT2D eigenvalue weighted by Gasteiger charge is -2.36. The predicted octanol–water partition coefficient (Wildman–Crippen LogP) is 3.76. The number of benzene rings is 1. The number of aromatic nitrogens is 1. The second-order valence-electron chi connectivity index (χ2n) is 5.89. The van der Waals surface area contributed by atoms with E-state index in [9.17, 15) is 4.39 Å². The number of piperidine rings is 1. The normalized spacial score (nSPS) is 24.1. The van der Waals surface area contributed by atoms with E-state index in [0.29, 0.717) is 17.5 Å². The van der Waals surface area contributed by atoms with Crippen molar-refractivity contribution < 1.29 is 8.91 Å². The molecule has 1 aromatic heterocycles. The van der Waals surface area contributed by atoms with Crippen molar-refractivity contribution in [2.75, 3.05) is 18.0 Å². The van der Waals surface area contributed by atoms with Gasteiger partial charge in [-0.25, -0.2) is 4.39 Å². The van der Waals surface area contributed by atoms with E-state index in [1.54, 1.807) is 0 Å². The molecule has 0 spiro atoms. The molecule has 4 heteroatoms. The monoisotopic (exact) mass is 262 g/mol. The summed E-state index contributed by atoms with van der Waals surface area (Å²) in [5.74, 6) is 0.907. The maximum Gasteiger partial charge on any atom is 0.204 e. The lowest BCUT2D eigenvalue weighted by Crippen LogP contribution is -2.39. The van der Waals surface area contributed by atoms with E-state index in [2.05, 4.69) is 23.9 Å². The Morgan fingerprint density at radius 2 is 1.95 bits per heavy atom. The number of hydrogen-bond acceptors (Lipinski definition) is 3. The van der Waals surface area contributed by atoms with Crippen LogP contribution in [0.25, 0.3) is 11.0 Å². The molecular weight excluding hydrogens is 243 g/mol. The molecule has 1 fully saturated rings. The molecule has 0 N–H and O–H groups in total. The third kappa shape index (κ3) is 2.09. The number of rotatable bonds is 1. The molecule has 1 aromatic carbocycles. The van der Waals surface area contributed by atoms with Crippen LogP contribution in [0.2, 0.25) is 0 Å². The van der Waals surface area contributed by atoms with E-state index >= 15 is 0 Å². The van der Waals surface area contributed by atoms with Crippen molar-refractivity contribution in [2.45, 2.75) is 27.2 Å². The second kappa shape index (κ2) is 4.51. The van der Waals surface area contributed by atoms with Crippen LogP contribution in [0.4, 0.5) is 10.1 Å². The van der Waals surface area contributed by atoms with Gasteiger partial charge in [0.2, 0.25) is 5.58 Å². The van der Waals surface area contributed by atoms with Crippen LogP contribution in [0.5, 0.6) is 0 Å². The van der Waals surface area contributed by atoms with Crippen molar-refractivity contribution in [3.05, 3.63) is 23.6 Å². The Morgan fingerprint density at radius 3 is 2.63 bits per heavy atom. The quantitative estimate of drug-likeness (QED) is 0.783. The molecule has 0 amide bonds. The minimum atomic E-state index is -0.278. The Labute approximate surface area is 112 Å². The Kier molecular flexibility index (Phi) is 2.96. The lowest BCUT2D eigenvalue weighted by molar-refractivity contribution is 0.354. The van der Waals surface area contributed by atoms with Crippen molar-refractivity contribution in [1.82, 2.24) is 5.16 Å². The molecule has 1 aliphatic heterocycles. The average Bonchev–Trinajstić information content (AvgIpc) is 2.71. The number of aryl methyl sites for hydroxylation is 1. The molecule has 3 nitrogen and oxygen atoms in total. The fraction of sp³-hybridized carbons (Fsp3) is 0.533. The van der Waals surface area contributed by atoms with Crippen LogP contribution in [0, 0.1) is 24.6 Å². The number of fused-ring (bicyclic) bond motifs is 1. The smallest absolute Gasteiger partial charge is 0.204 e. The largest absolute Gasteiger partial charge is 0.369 e. The van der Waals surface area contributed by atoms with Gasteiger partial charge in [-0.1, -0.05) is 19.0 Å². The second-order valence-corrected chi connectivity index (χ2v) is 5.89. The van der Waals surface area contributed by atoms with Crippen LogP contribution >= 0.6 is 0 Å². The highest BCUT2D eigenvalue weighted by molar-refractivity contribution is 5.83. The zero-order valence-corrected chi connectivity index (χ0v) is 11.6. The minimum absolute atomic E-state index is 0.278. The van der Waals surface area contributed by atoms with Crippen molar-refractivity contribution in [3.63, 3.8) is 0 Å². The number of nitrogens with zero attached hydrogens (tertiary/aromatic N) is 2. The first-order chi connectivity index (χ1) is 9.06. The average molecular weight is 262 g/mol. The molecule has 0 bridgehead atoms. The summed E-state index contributed by atoms with van der Waals surface area (Å²) in [7, 11) is 0. The molecule has 2 aromatic rings. The highest BCUT2D eigenvalue weighted by Crippen LogP contribution is 2.32. The van der Waals surface area contributed by atoms with Crippen LogP contribution in [-0.2, 0) is 0 Å². The molecule has 0 saturated carbocycles. The molecule has 3 rings (SSSR count). The Balaban J connectivity index is 2.03. The van der Waals surface area contributed by atoms with E-state index in [-0.39, 0.29) is 11.4 Å². The van der Waals surface area contributed by atoms with E-state index in [0.717, 1.165) is 24.2 Å². The van der Waals surface area contributed by atoms with Gasteiger partial charge in [-0.3, -0.25) is 0 Å². The van der Waals surface area contributed by atoms with Crippen LogP contribution < -0.4 is 4.90 Å². The summed E-state index contributed by atoms with van der Waals surface area (Å²) >= 11 is 0. The van der Waals surface area contributed by atoms with E-state index in [4.69, 9.17) is 4.52 Å². The van der Waals surface area contributed by atoms with Crippen LogP contribution in [0.3, 0.4) is 0 Å². The van der Waals surface area contributed by atoms with Gasteiger partial charge in [0.25, 0.3) is 0 Å². The van der Waals surface area contributed by atoms with Gasteiger partial charge < -0.3 is 9.42 Å². The van der Waals surface area contributed by atoms with Gasteiger partial charge in [-0.05, 0) is 37.3 Å². The molecule has 0 radical (unpaired) electrons. The standard InChI is InChI=1S/C15H19FN2O/c1-9-6-10(2)8-18(7-9)13-5-4-12-11(3)17-19-15(12)14(13)16/h4-5,9-10H,6-8H2,1-3H3/t9-,10+. The SMILES string of the molecule is Cc1noc2c(F)c(N3C[C@H](C)C[C@H](C)C3)ccc12. The van der Waals surface area contributed by atoms with Crippen LogP contribution in [0.1, 0.15) is 26.0 Å². The first-order valence-electron chi connectivity index (χ1n) is 6.85. The van der Waals surface area contributed by atoms with E-state index < -0.39 is 0 Å². The van der Waals surface area contributed by atoms with Crippen molar-refractivity contribution in [1.29, 1.82) is 0 Å². The lowest BCUT2D eigenvalue weighted by atomic mass is 9.91.